The van der Waals surface area contributed by atoms with Gasteiger partial charge >= 0.3 is 103 Å². The zero-order chi connectivity index (χ0) is 24.3. The molecule has 1 heterocycles. The molecule has 0 radical (unpaired) electrons. The summed E-state index contributed by atoms with van der Waals surface area (Å²) >= 11 is 0. The van der Waals surface area contributed by atoms with Crippen LogP contribution in [0.2, 0.25) is 0 Å². The number of fused-ring (bicyclic) bond motifs is 3. The molecule has 2 N–H and O–H groups in total. The average molecular weight is 573 g/mol. The standard InChI is InChI=1S/C22H16N4O6S2.2K/c23-15-5-1-13(2-6-15)14-3-7-16(8-4-14)26-24-20-10-9-18-19(22(20)25-26)11-17(33(27,28)29)12-21(18)34(30,31)32;;/h1-12H,23H2,(H,27,28,29)(H,30,31,32);;/q;2*+1/p-2. The molecule has 5 aromatic rings. The van der Waals surface area contributed by atoms with Crippen LogP contribution >= 0.6 is 0 Å². The molecule has 0 saturated heterocycles. The van der Waals surface area contributed by atoms with E-state index < -0.39 is 30.0 Å². The summed E-state index contributed by atoms with van der Waals surface area (Å²) in [5.41, 5.74) is 9.29. The maximum atomic E-state index is 11.8. The second-order valence-corrected chi connectivity index (χ2v) is 10.2. The van der Waals surface area contributed by atoms with Crippen LogP contribution < -0.4 is 109 Å². The molecule has 5 rings (SSSR count). The van der Waals surface area contributed by atoms with Crippen LogP contribution in [0.15, 0.2) is 82.6 Å². The number of hydrogen-bond donors (Lipinski definition) is 1. The van der Waals surface area contributed by atoms with Crippen LogP contribution in [0.25, 0.3) is 38.6 Å². The molecule has 172 valence electrons. The number of nitrogens with two attached hydrogens (primary N) is 1. The number of aromatic nitrogens is 3. The number of nitrogen functional groups attached to an aromatic ring is 1. The predicted molar refractivity (Wildman–Crippen MR) is 122 cm³/mol. The van der Waals surface area contributed by atoms with Gasteiger partial charge in [0.15, 0.2) is 0 Å². The molecule has 1 aromatic heterocycles. The van der Waals surface area contributed by atoms with E-state index in [9.17, 15) is 25.9 Å². The van der Waals surface area contributed by atoms with E-state index in [1.165, 1.54) is 16.9 Å². The normalized spacial score (nSPS) is 11.7. The molecule has 0 aliphatic heterocycles. The van der Waals surface area contributed by atoms with E-state index in [0.717, 1.165) is 17.2 Å². The minimum Gasteiger partial charge on any atom is -0.744 e. The molecule has 0 aliphatic rings. The summed E-state index contributed by atoms with van der Waals surface area (Å²) in [5, 5.41) is 8.68. The maximum Gasteiger partial charge on any atom is 1.00 e. The molecule has 14 heteroatoms. The van der Waals surface area contributed by atoms with E-state index in [-0.39, 0.29) is 119 Å². The van der Waals surface area contributed by atoms with Crippen LogP contribution in [-0.2, 0) is 20.2 Å². The first-order valence-corrected chi connectivity index (χ1v) is 12.5. The van der Waals surface area contributed by atoms with Crippen molar-refractivity contribution in [2.75, 3.05) is 5.73 Å². The second-order valence-electron chi connectivity index (χ2n) is 7.52. The first kappa shape index (κ1) is 30.0. The second kappa shape index (κ2) is 11.3. The van der Waals surface area contributed by atoms with Crippen LogP contribution in [0.5, 0.6) is 0 Å². The van der Waals surface area contributed by atoms with Gasteiger partial charge in [-0.15, -0.1) is 10.2 Å². The molecular formula is C22H14K2N4O6S2. The van der Waals surface area contributed by atoms with Crippen molar-refractivity contribution in [3.8, 4) is 16.8 Å². The van der Waals surface area contributed by atoms with Crippen LogP contribution in [0.1, 0.15) is 0 Å². The van der Waals surface area contributed by atoms with Crippen LogP contribution in [-0.4, -0.2) is 40.9 Å². The SMILES string of the molecule is Nc1ccc(-c2ccc(-n3nc4ccc5c(S(=O)(=O)[O-])cc(S(=O)(=O)[O-])cc5c4n3)cc2)cc1.[K+].[K+]. The van der Waals surface area contributed by atoms with Crippen LogP contribution in [0.3, 0.4) is 0 Å². The summed E-state index contributed by atoms with van der Waals surface area (Å²) in [6.45, 7) is 0. The Bertz CT molecular complexity index is 1810. The van der Waals surface area contributed by atoms with Crippen molar-refractivity contribution in [1.82, 2.24) is 15.0 Å². The summed E-state index contributed by atoms with van der Waals surface area (Å²) in [6, 6.07) is 19.0. The van der Waals surface area contributed by atoms with Crippen LogP contribution in [0.4, 0.5) is 5.69 Å². The molecule has 0 aliphatic carbocycles. The molecule has 0 unspecified atom stereocenters. The summed E-state index contributed by atoms with van der Waals surface area (Å²) in [4.78, 5) is -0.367. The zero-order valence-electron chi connectivity index (χ0n) is 19.1. The third-order valence-electron chi connectivity index (χ3n) is 5.32. The van der Waals surface area contributed by atoms with Crippen LogP contribution in [0, 0.1) is 0 Å². The minimum absolute atomic E-state index is 0. The first-order valence-electron chi connectivity index (χ1n) is 9.73. The van der Waals surface area contributed by atoms with Gasteiger partial charge in [-0.3, -0.25) is 0 Å². The summed E-state index contributed by atoms with van der Waals surface area (Å²) in [6.07, 6.45) is 0. The first-order chi connectivity index (χ1) is 16.0. The van der Waals surface area contributed by atoms with Gasteiger partial charge in [0, 0.05) is 16.5 Å². The molecular weight excluding hydrogens is 559 g/mol. The fourth-order valence-electron chi connectivity index (χ4n) is 3.68. The van der Waals surface area contributed by atoms with Gasteiger partial charge in [-0.2, -0.15) is 4.80 Å². The summed E-state index contributed by atoms with van der Waals surface area (Å²) in [7, 11) is -10.1. The molecule has 4 aromatic carbocycles. The van der Waals surface area contributed by atoms with Gasteiger partial charge in [0.2, 0.25) is 0 Å². The third kappa shape index (κ3) is 6.02. The zero-order valence-corrected chi connectivity index (χ0v) is 27.0. The molecule has 0 atom stereocenters. The Kier molecular flexibility index (Phi) is 9.39. The van der Waals surface area contributed by atoms with Crippen molar-refractivity contribution in [2.24, 2.45) is 0 Å². The van der Waals surface area contributed by atoms with Crippen molar-refractivity contribution in [3.05, 3.63) is 72.8 Å². The van der Waals surface area contributed by atoms with Gasteiger partial charge in [0.05, 0.1) is 15.5 Å². The molecule has 0 spiro atoms. The Morgan fingerprint density at radius 2 is 1.28 bits per heavy atom. The van der Waals surface area contributed by atoms with E-state index >= 15 is 0 Å². The molecule has 0 amide bonds. The van der Waals surface area contributed by atoms with Crippen molar-refractivity contribution >= 4 is 47.7 Å². The van der Waals surface area contributed by atoms with Crippen molar-refractivity contribution in [2.45, 2.75) is 9.79 Å². The van der Waals surface area contributed by atoms with Crippen molar-refractivity contribution in [1.29, 1.82) is 0 Å². The fraction of sp³-hybridized carbons (Fsp3) is 0. The quantitative estimate of drug-likeness (QED) is 0.131. The van der Waals surface area contributed by atoms with Crippen molar-refractivity contribution in [3.63, 3.8) is 0 Å². The van der Waals surface area contributed by atoms with Gasteiger partial charge in [0.1, 0.15) is 31.3 Å². The number of nitrogens with zero attached hydrogens (tertiary/aromatic N) is 3. The number of benzene rings is 4. The Balaban J connectivity index is 0.00000180. The average Bonchev–Trinajstić information content (AvgIpc) is 3.23. The van der Waals surface area contributed by atoms with E-state index in [1.54, 1.807) is 24.3 Å². The summed E-state index contributed by atoms with van der Waals surface area (Å²) < 4.78 is 70.0. The number of hydrogen-bond acceptors (Lipinski definition) is 9. The Labute approximate surface area is 291 Å². The van der Waals surface area contributed by atoms with E-state index in [0.29, 0.717) is 23.0 Å². The Morgan fingerprint density at radius 3 is 1.83 bits per heavy atom. The molecule has 0 bridgehead atoms. The largest absolute Gasteiger partial charge is 1.00 e. The van der Waals surface area contributed by atoms with Gasteiger partial charge in [0.25, 0.3) is 0 Å². The van der Waals surface area contributed by atoms with E-state index in [1.807, 2.05) is 24.3 Å². The summed E-state index contributed by atoms with van der Waals surface area (Å²) in [5.74, 6) is 0. The minimum atomic E-state index is -5.08. The van der Waals surface area contributed by atoms with E-state index in [4.69, 9.17) is 5.73 Å². The third-order valence-corrected chi connectivity index (χ3v) is 7.01. The molecule has 0 saturated carbocycles. The number of rotatable bonds is 4. The Morgan fingerprint density at radius 1 is 0.694 bits per heavy atom. The predicted octanol–water partition coefficient (Wildman–Crippen LogP) is -3.36. The maximum absolute atomic E-state index is 11.8. The Hall–Kier alpha value is -0.567. The van der Waals surface area contributed by atoms with Gasteiger partial charge < -0.3 is 14.8 Å². The molecule has 0 fully saturated rings. The smallest absolute Gasteiger partial charge is 0.744 e. The monoisotopic (exact) mass is 572 g/mol. The van der Waals surface area contributed by atoms with Crippen molar-refractivity contribution < 1.29 is 129 Å². The molecule has 36 heavy (non-hydrogen) atoms. The van der Waals surface area contributed by atoms with Gasteiger partial charge in [-0.05, 0) is 53.6 Å². The van der Waals surface area contributed by atoms with E-state index in [2.05, 4.69) is 10.2 Å². The fourth-order valence-corrected chi connectivity index (χ4v) is 5.00. The molecule has 10 nitrogen and oxygen atoms in total. The van der Waals surface area contributed by atoms with Gasteiger partial charge in [-0.25, -0.2) is 16.8 Å². The topological polar surface area (TPSA) is 171 Å². The number of anilines is 1. The van der Waals surface area contributed by atoms with Gasteiger partial charge in [-0.1, -0.05) is 30.3 Å².